The topological polar surface area (TPSA) is 23.5 Å². The number of fused-ring (bicyclic) bond motifs is 4. The van der Waals surface area contributed by atoms with E-state index in [-0.39, 0.29) is 11.0 Å². The first-order chi connectivity index (χ1) is 9.84. The van der Waals surface area contributed by atoms with Gasteiger partial charge in [0.1, 0.15) is 5.75 Å². The zero-order valence-corrected chi connectivity index (χ0v) is 13.5. The number of hydrogen-bond donors (Lipinski definition) is 1. The molecule has 0 spiro atoms. The van der Waals surface area contributed by atoms with Gasteiger partial charge in [-0.1, -0.05) is 19.1 Å². The fraction of sp³-hybridized carbons (Fsp3) is 0.579. The van der Waals surface area contributed by atoms with Crippen LogP contribution >= 0.6 is 0 Å². The molecule has 2 nitrogen and oxygen atoms in total. The molecule has 0 saturated carbocycles. The third kappa shape index (κ3) is 2.50. The highest BCUT2D eigenvalue weighted by molar-refractivity contribution is 5.42. The van der Waals surface area contributed by atoms with Gasteiger partial charge < -0.3 is 5.11 Å². The van der Waals surface area contributed by atoms with Crippen LogP contribution in [0, 0.1) is 5.92 Å². The van der Waals surface area contributed by atoms with Crippen LogP contribution in [0.1, 0.15) is 44.7 Å². The Hall–Kier alpha value is -1.28. The lowest BCUT2D eigenvalue weighted by atomic mass is 9.66. The predicted molar refractivity (Wildman–Crippen MR) is 87.7 cm³/mol. The van der Waals surface area contributed by atoms with Crippen LogP contribution in [0.3, 0.4) is 0 Å². The lowest BCUT2D eigenvalue weighted by molar-refractivity contribution is 0.147. The van der Waals surface area contributed by atoms with Gasteiger partial charge in [-0.05, 0) is 74.2 Å². The Bertz CT molecular complexity index is 563. The lowest BCUT2D eigenvalue weighted by Gasteiger charge is -2.38. The second-order valence-corrected chi connectivity index (χ2v) is 7.73. The second-order valence-electron chi connectivity index (χ2n) is 7.73. The second kappa shape index (κ2) is 4.88. The number of nitrogens with zero attached hydrogens (tertiary/aromatic N) is 1. The number of phenolic OH excluding ortho intramolecular Hbond substituents is 1. The lowest BCUT2D eigenvalue weighted by Crippen LogP contribution is -2.44. The highest BCUT2D eigenvalue weighted by Crippen LogP contribution is 2.46. The van der Waals surface area contributed by atoms with Gasteiger partial charge in [0.2, 0.25) is 0 Å². The zero-order chi connectivity index (χ0) is 15.3. The van der Waals surface area contributed by atoms with E-state index < -0.39 is 0 Å². The highest BCUT2D eigenvalue weighted by Gasteiger charge is 2.41. The van der Waals surface area contributed by atoms with Gasteiger partial charge in [0.05, 0.1) is 0 Å². The molecule has 0 amide bonds. The smallest absolute Gasteiger partial charge is 0.115 e. The Morgan fingerprint density at radius 3 is 2.90 bits per heavy atom. The number of hydrogen-bond acceptors (Lipinski definition) is 2. The van der Waals surface area contributed by atoms with Crippen molar-refractivity contribution in [2.24, 2.45) is 5.92 Å². The van der Waals surface area contributed by atoms with Crippen molar-refractivity contribution >= 4 is 0 Å². The number of benzene rings is 1. The van der Waals surface area contributed by atoms with E-state index >= 15 is 0 Å². The summed E-state index contributed by atoms with van der Waals surface area (Å²) < 4.78 is 0. The van der Waals surface area contributed by atoms with Crippen LogP contribution in [0.2, 0.25) is 0 Å². The van der Waals surface area contributed by atoms with E-state index in [1.165, 1.54) is 17.5 Å². The molecule has 2 bridgehead atoms. The summed E-state index contributed by atoms with van der Waals surface area (Å²) in [6.45, 7) is 13.2. The van der Waals surface area contributed by atoms with E-state index in [0.717, 1.165) is 25.9 Å². The molecule has 0 aromatic heterocycles. The molecule has 1 aliphatic heterocycles. The van der Waals surface area contributed by atoms with Crippen LogP contribution in [0.15, 0.2) is 30.9 Å². The van der Waals surface area contributed by atoms with Gasteiger partial charge in [-0.15, -0.1) is 6.58 Å². The normalized spacial score (nSPS) is 29.6. The maximum Gasteiger partial charge on any atom is 0.115 e. The Labute approximate surface area is 128 Å². The molecule has 2 atom stereocenters. The summed E-state index contributed by atoms with van der Waals surface area (Å²) in [6.07, 6.45) is 5.59. The molecule has 2 unspecified atom stereocenters. The molecule has 2 heteroatoms. The zero-order valence-electron chi connectivity index (χ0n) is 13.5. The monoisotopic (exact) mass is 285 g/mol. The molecule has 21 heavy (non-hydrogen) atoms. The fourth-order valence-electron chi connectivity index (χ4n) is 4.24. The summed E-state index contributed by atoms with van der Waals surface area (Å²) in [4.78, 5) is 2.58. The van der Waals surface area contributed by atoms with Crippen molar-refractivity contribution in [3.8, 4) is 5.75 Å². The molecule has 1 aromatic carbocycles. The maximum atomic E-state index is 9.87. The van der Waals surface area contributed by atoms with Gasteiger partial charge in [0, 0.05) is 12.1 Å². The molecule has 1 saturated heterocycles. The van der Waals surface area contributed by atoms with E-state index in [2.05, 4.69) is 44.4 Å². The van der Waals surface area contributed by atoms with Crippen LogP contribution in [-0.2, 0) is 11.8 Å². The van der Waals surface area contributed by atoms with Crippen LogP contribution in [0.25, 0.3) is 0 Å². The largest absolute Gasteiger partial charge is 0.508 e. The van der Waals surface area contributed by atoms with Gasteiger partial charge in [0.25, 0.3) is 0 Å². The van der Waals surface area contributed by atoms with Crippen molar-refractivity contribution in [1.29, 1.82) is 0 Å². The van der Waals surface area contributed by atoms with Crippen molar-refractivity contribution in [2.45, 2.75) is 51.0 Å². The molecule has 1 aliphatic carbocycles. The average molecular weight is 285 g/mol. The van der Waals surface area contributed by atoms with Crippen LogP contribution in [0.5, 0.6) is 5.75 Å². The first-order valence-electron chi connectivity index (χ1n) is 8.05. The minimum atomic E-state index is 0.0577. The molecule has 0 radical (unpaired) electrons. The summed E-state index contributed by atoms with van der Waals surface area (Å²) in [7, 11) is 0. The van der Waals surface area contributed by atoms with Crippen molar-refractivity contribution < 1.29 is 5.11 Å². The van der Waals surface area contributed by atoms with Crippen LogP contribution in [-0.4, -0.2) is 28.6 Å². The Morgan fingerprint density at radius 1 is 1.43 bits per heavy atom. The van der Waals surface area contributed by atoms with Gasteiger partial charge in [0.15, 0.2) is 0 Å². The van der Waals surface area contributed by atoms with Crippen LogP contribution in [0.4, 0.5) is 0 Å². The summed E-state index contributed by atoms with van der Waals surface area (Å²) in [5.41, 5.74) is 3.06. The molecule has 1 aromatic rings. The molecule has 3 rings (SSSR count). The van der Waals surface area contributed by atoms with Crippen molar-refractivity contribution in [1.82, 2.24) is 4.90 Å². The van der Waals surface area contributed by atoms with Crippen molar-refractivity contribution in [2.75, 3.05) is 13.1 Å². The fourth-order valence-corrected chi connectivity index (χ4v) is 4.24. The van der Waals surface area contributed by atoms with E-state index in [9.17, 15) is 5.11 Å². The molecule has 1 N–H and O–H groups in total. The molecule has 1 heterocycles. The number of likely N-dealkylation sites (tertiary alicyclic amines) is 1. The molecule has 1 fully saturated rings. The quantitative estimate of drug-likeness (QED) is 0.834. The van der Waals surface area contributed by atoms with Crippen molar-refractivity contribution in [3.63, 3.8) is 0 Å². The SMILES string of the molecule is C=CC(C)(C)N1CCC2(C)CC(Cc3ccc(O)cc32)C1. The Kier molecular flexibility index (Phi) is 3.40. The van der Waals surface area contributed by atoms with Crippen molar-refractivity contribution in [3.05, 3.63) is 42.0 Å². The molecular formula is C19H27NO. The van der Waals surface area contributed by atoms with Gasteiger partial charge in [-0.2, -0.15) is 0 Å². The van der Waals surface area contributed by atoms with Gasteiger partial charge >= 0.3 is 0 Å². The van der Waals surface area contributed by atoms with Gasteiger partial charge in [-0.3, -0.25) is 4.90 Å². The number of aromatic hydroxyl groups is 1. The molecule has 114 valence electrons. The third-order valence-electron chi connectivity index (χ3n) is 5.72. The first-order valence-corrected chi connectivity index (χ1v) is 8.05. The van der Waals surface area contributed by atoms with E-state index in [1.807, 2.05) is 12.1 Å². The standard InChI is InChI=1S/C19H27NO/c1-5-18(2,3)20-9-8-19(4)12-14(13-20)10-15-6-7-16(21)11-17(15)19/h5-7,11,14,21H,1,8-10,12-13H2,2-4H3. The maximum absolute atomic E-state index is 9.87. The average Bonchev–Trinajstić information content (AvgIpc) is 2.58. The summed E-state index contributed by atoms with van der Waals surface area (Å²) >= 11 is 0. The van der Waals surface area contributed by atoms with E-state index in [1.54, 1.807) is 0 Å². The van der Waals surface area contributed by atoms with Crippen LogP contribution < -0.4 is 0 Å². The molecular weight excluding hydrogens is 258 g/mol. The Morgan fingerprint density at radius 2 is 2.19 bits per heavy atom. The highest BCUT2D eigenvalue weighted by atomic mass is 16.3. The van der Waals surface area contributed by atoms with E-state index in [4.69, 9.17) is 0 Å². The Balaban J connectivity index is 1.96. The molecule has 2 aliphatic rings. The predicted octanol–water partition coefficient (Wildman–Crippen LogP) is 3.88. The minimum absolute atomic E-state index is 0.0577. The van der Waals surface area contributed by atoms with Gasteiger partial charge in [-0.25, -0.2) is 0 Å². The summed E-state index contributed by atoms with van der Waals surface area (Å²) in [5.74, 6) is 1.11. The third-order valence-corrected chi connectivity index (χ3v) is 5.72. The van der Waals surface area contributed by atoms with E-state index in [0.29, 0.717) is 11.7 Å². The number of rotatable bonds is 2. The minimum Gasteiger partial charge on any atom is -0.508 e. The first kappa shape index (κ1) is 14.6. The summed E-state index contributed by atoms with van der Waals surface area (Å²) in [5, 5.41) is 9.87. The number of phenols is 1. The summed E-state index contributed by atoms with van der Waals surface area (Å²) in [6, 6.07) is 5.97.